The summed E-state index contributed by atoms with van der Waals surface area (Å²) in [6.07, 6.45) is 8.71. The Balaban J connectivity index is 2.27. The van der Waals surface area contributed by atoms with Gasteiger partial charge in [-0.25, -0.2) is 4.68 Å². The molecule has 1 amide bonds. The Morgan fingerprint density at radius 3 is 2.90 bits per heavy atom. The molecule has 5 nitrogen and oxygen atoms in total. The molecule has 6 heteroatoms. The van der Waals surface area contributed by atoms with Crippen molar-refractivity contribution >= 4 is 23.4 Å². The van der Waals surface area contributed by atoms with E-state index in [1.807, 2.05) is 38.6 Å². The SMILES string of the molecule is CCc1nn(-c2cccnc2)cc1N(C)C(=O)CCSC. The van der Waals surface area contributed by atoms with E-state index in [0.29, 0.717) is 6.42 Å². The standard InChI is InChI=1S/C15H20N4OS/c1-4-13-14(18(2)15(20)7-9-21-3)11-19(17-13)12-6-5-8-16-10-12/h5-6,8,10-11H,4,7,9H2,1-3H3. The zero-order chi connectivity index (χ0) is 15.2. The Hall–Kier alpha value is -1.82. The van der Waals surface area contributed by atoms with Gasteiger partial charge in [-0.2, -0.15) is 16.9 Å². The van der Waals surface area contributed by atoms with E-state index in [2.05, 4.69) is 10.1 Å². The lowest BCUT2D eigenvalue weighted by molar-refractivity contribution is -0.117. The van der Waals surface area contributed by atoms with Crippen molar-refractivity contribution < 1.29 is 4.79 Å². The van der Waals surface area contributed by atoms with E-state index in [1.54, 1.807) is 33.7 Å². The molecule has 0 atom stereocenters. The molecule has 0 unspecified atom stereocenters. The summed E-state index contributed by atoms with van der Waals surface area (Å²) in [6.45, 7) is 2.04. The van der Waals surface area contributed by atoms with Crippen molar-refractivity contribution in [2.45, 2.75) is 19.8 Å². The molecule has 21 heavy (non-hydrogen) atoms. The smallest absolute Gasteiger partial charge is 0.227 e. The van der Waals surface area contributed by atoms with Gasteiger partial charge in [0.2, 0.25) is 5.91 Å². The molecule has 2 rings (SSSR count). The van der Waals surface area contributed by atoms with E-state index in [0.717, 1.165) is 29.2 Å². The number of aromatic nitrogens is 3. The molecule has 2 aromatic heterocycles. The summed E-state index contributed by atoms with van der Waals surface area (Å²) >= 11 is 1.68. The molecule has 0 aliphatic carbocycles. The quantitative estimate of drug-likeness (QED) is 0.823. The summed E-state index contributed by atoms with van der Waals surface area (Å²) in [5.41, 5.74) is 2.68. The minimum absolute atomic E-state index is 0.116. The maximum absolute atomic E-state index is 12.2. The highest BCUT2D eigenvalue weighted by Crippen LogP contribution is 2.22. The minimum Gasteiger partial charge on any atom is -0.312 e. The molecule has 2 aromatic rings. The number of carbonyl (C=O) groups excluding carboxylic acids is 1. The first kappa shape index (κ1) is 15.6. The minimum atomic E-state index is 0.116. The van der Waals surface area contributed by atoms with Gasteiger partial charge in [0.1, 0.15) is 0 Å². The number of amides is 1. The number of nitrogens with zero attached hydrogens (tertiary/aromatic N) is 4. The van der Waals surface area contributed by atoms with E-state index >= 15 is 0 Å². The van der Waals surface area contributed by atoms with Crippen molar-refractivity contribution in [2.24, 2.45) is 0 Å². The Labute approximate surface area is 129 Å². The maximum Gasteiger partial charge on any atom is 0.227 e. The van der Waals surface area contributed by atoms with Crippen molar-refractivity contribution in [1.82, 2.24) is 14.8 Å². The predicted octanol–water partition coefficient (Wildman–Crippen LogP) is 2.55. The summed E-state index contributed by atoms with van der Waals surface area (Å²) in [4.78, 5) is 18.0. The maximum atomic E-state index is 12.2. The third-order valence-corrected chi connectivity index (χ3v) is 3.88. The molecule has 0 radical (unpaired) electrons. The highest BCUT2D eigenvalue weighted by atomic mass is 32.2. The summed E-state index contributed by atoms with van der Waals surface area (Å²) in [6, 6.07) is 3.81. The van der Waals surface area contributed by atoms with Crippen LogP contribution in [0.4, 0.5) is 5.69 Å². The summed E-state index contributed by atoms with van der Waals surface area (Å²) in [5, 5.41) is 4.56. The molecule has 112 valence electrons. The monoisotopic (exact) mass is 304 g/mol. The van der Waals surface area contributed by atoms with Gasteiger partial charge < -0.3 is 4.90 Å². The number of rotatable bonds is 6. The fourth-order valence-corrected chi connectivity index (χ4v) is 2.42. The summed E-state index contributed by atoms with van der Waals surface area (Å²) in [7, 11) is 1.81. The first-order chi connectivity index (χ1) is 10.2. The zero-order valence-electron chi connectivity index (χ0n) is 12.6. The van der Waals surface area contributed by atoms with E-state index in [9.17, 15) is 4.79 Å². The molecule has 0 saturated carbocycles. The second-order valence-electron chi connectivity index (χ2n) is 4.67. The number of carbonyl (C=O) groups is 1. The molecule has 0 aliphatic rings. The first-order valence-electron chi connectivity index (χ1n) is 6.91. The lowest BCUT2D eigenvalue weighted by atomic mass is 10.2. The fourth-order valence-electron chi connectivity index (χ4n) is 2.05. The van der Waals surface area contributed by atoms with E-state index < -0.39 is 0 Å². The predicted molar refractivity (Wildman–Crippen MR) is 87.1 cm³/mol. The Bertz CT molecular complexity index is 597. The Kier molecular flexibility index (Phi) is 5.38. The lowest BCUT2D eigenvalue weighted by Crippen LogP contribution is -2.27. The van der Waals surface area contributed by atoms with Crippen LogP contribution in [0.3, 0.4) is 0 Å². The van der Waals surface area contributed by atoms with Crippen molar-refractivity contribution in [3.63, 3.8) is 0 Å². The molecule has 0 bridgehead atoms. The Morgan fingerprint density at radius 2 is 2.29 bits per heavy atom. The van der Waals surface area contributed by atoms with Crippen LogP contribution in [0.5, 0.6) is 0 Å². The van der Waals surface area contributed by atoms with Gasteiger partial charge in [0.15, 0.2) is 0 Å². The average Bonchev–Trinajstić information content (AvgIpc) is 2.97. The van der Waals surface area contributed by atoms with Crippen LogP contribution in [-0.2, 0) is 11.2 Å². The fraction of sp³-hybridized carbons (Fsp3) is 0.400. The summed E-state index contributed by atoms with van der Waals surface area (Å²) < 4.78 is 1.78. The topological polar surface area (TPSA) is 51.0 Å². The van der Waals surface area contributed by atoms with Crippen LogP contribution in [0.1, 0.15) is 19.0 Å². The number of pyridine rings is 1. The van der Waals surface area contributed by atoms with Crippen LogP contribution in [-0.4, -0.2) is 39.7 Å². The van der Waals surface area contributed by atoms with Crippen molar-refractivity contribution in [1.29, 1.82) is 0 Å². The first-order valence-corrected chi connectivity index (χ1v) is 8.31. The highest BCUT2D eigenvalue weighted by molar-refractivity contribution is 7.98. The van der Waals surface area contributed by atoms with Gasteiger partial charge in [-0.3, -0.25) is 9.78 Å². The van der Waals surface area contributed by atoms with Crippen molar-refractivity contribution in [3.8, 4) is 5.69 Å². The zero-order valence-corrected chi connectivity index (χ0v) is 13.4. The number of anilines is 1. The van der Waals surface area contributed by atoms with Crippen LogP contribution in [0.2, 0.25) is 0 Å². The number of hydrogen-bond donors (Lipinski definition) is 0. The lowest BCUT2D eigenvalue weighted by Gasteiger charge is -2.16. The van der Waals surface area contributed by atoms with Crippen LogP contribution in [0.15, 0.2) is 30.7 Å². The van der Waals surface area contributed by atoms with E-state index in [4.69, 9.17) is 0 Å². The van der Waals surface area contributed by atoms with Crippen LogP contribution in [0, 0.1) is 0 Å². The van der Waals surface area contributed by atoms with E-state index in [1.165, 1.54) is 0 Å². The van der Waals surface area contributed by atoms with Crippen LogP contribution >= 0.6 is 11.8 Å². The van der Waals surface area contributed by atoms with Gasteiger partial charge in [-0.05, 0) is 24.8 Å². The van der Waals surface area contributed by atoms with Gasteiger partial charge in [0, 0.05) is 25.4 Å². The largest absolute Gasteiger partial charge is 0.312 e. The van der Waals surface area contributed by atoms with Crippen molar-refractivity contribution in [3.05, 3.63) is 36.4 Å². The second-order valence-corrected chi connectivity index (χ2v) is 5.65. The number of aryl methyl sites for hydroxylation is 1. The molecule has 0 spiro atoms. The molecule has 0 aliphatic heterocycles. The van der Waals surface area contributed by atoms with Gasteiger partial charge in [-0.15, -0.1) is 0 Å². The molecule has 2 heterocycles. The molecule has 0 saturated heterocycles. The van der Waals surface area contributed by atoms with Crippen molar-refractivity contribution in [2.75, 3.05) is 24.0 Å². The molecular weight excluding hydrogens is 284 g/mol. The molecule has 0 aromatic carbocycles. The number of thioether (sulfide) groups is 1. The summed E-state index contributed by atoms with van der Waals surface area (Å²) in [5.74, 6) is 0.950. The van der Waals surface area contributed by atoms with Gasteiger partial charge in [0.25, 0.3) is 0 Å². The van der Waals surface area contributed by atoms with Crippen LogP contribution < -0.4 is 4.90 Å². The molecular formula is C15H20N4OS. The highest BCUT2D eigenvalue weighted by Gasteiger charge is 2.17. The van der Waals surface area contributed by atoms with Crippen LogP contribution in [0.25, 0.3) is 5.69 Å². The third-order valence-electron chi connectivity index (χ3n) is 3.27. The van der Waals surface area contributed by atoms with E-state index in [-0.39, 0.29) is 5.91 Å². The van der Waals surface area contributed by atoms with Gasteiger partial charge in [0.05, 0.1) is 29.5 Å². The average molecular weight is 304 g/mol. The molecule has 0 N–H and O–H groups in total. The number of hydrogen-bond acceptors (Lipinski definition) is 4. The van der Waals surface area contributed by atoms with Gasteiger partial charge in [-0.1, -0.05) is 6.92 Å². The Morgan fingerprint density at radius 1 is 1.48 bits per heavy atom. The third kappa shape index (κ3) is 3.64. The van der Waals surface area contributed by atoms with Gasteiger partial charge >= 0.3 is 0 Å². The second kappa shape index (κ2) is 7.26. The molecule has 0 fully saturated rings. The normalized spacial score (nSPS) is 10.6.